The van der Waals surface area contributed by atoms with Crippen molar-refractivity contribution in [1.29, 1.82) is 0 Å². The monoisotopic (exact) mass is 556 g/mol. The molecule has 5 atom stereocenters. The molecule has 3 N–H and O–H groups in total. The number of hydrogen-bond donors (Lipinski definition) is 3. The Kier molecular flexibility index (Phi) is 6.80. The topological polar surface area (TPSA) is 152 Å². The molecule has 0 spiro atoms. The molecule has 0 aliphatic carbocycles. The van der Waals surface area contributed by atoms with Crippen molar-refractivity contribution in [3.8, 4) is 39.9 Å². The first-order chi connectivity index (χ1) is 19.4. The molecule has 3 heterocycles. The minimum atomic E-state index is -1.43. The van der Waals surface area contributed by atoms with E-state index in [-0.39, 0.29) is 24.7 Å². The van der Waals surface area contributed by atoms with Gasteiger partial charge in [0, 0.05) is 23.6 Å². The van der Waals surface area contributed by atoms with Crippen LogP contribution in [0.2, 0.25) is 0 Å². The molecule has 6 rings (SSSR count). The molecule has 3 aromatic rings. The lowest BCUT2D eigenvalue weighted by Crippen LogP contribution is -2.60. The average Bonchev–Trinajstić information content (AvgIpc) is 3.60. The second kappa shape index (κ2) is 10.3. The fourth-order valence-corrected chi connectivity index (χ4v) is 5.44. The summed E-state index contributed by atoms with van der Waals surface area (Å²) in [5.74, 6) is 1.56. The third-order valence-corrected chi connectivity index (χ3v) is 7.40. The van der Waals surface area contributed by atoms with Crippen LogP contribution in [-0.2, 0) is 20.8 Å². The van der Waals surface area contributed by atoms with E-state index in [9.17, 15) is 20.1 Å². The van der Waals surface area contributed by atoms with Crippen molar-refractivity contribution < 1.29 is 58.0 Å². The summed E-state index contributed by atoms with van der Waals surface area (Å²) in [6.07, 6.45) is -6.28. The molecule has 0 radical (unpaired) electrons. The van der Waals surface area contributed by atoms with Crippen LogP contribution in [-0.4, -0.2) is 86.7 Å². The summed E-state index contributed by atoms with van der Waals surface area (Å²) in [6.45, 7) is -0.552. The Morgan fingerprint density at radius 1 is 0.900 bits per heavy atom. The summed E-state index contributed by atoms with van der Waals surface area (Å²) in [5.41, 5.74) is 1.91. The molecule has 1 fully saturated rings. The van der Waals surface area contributed by atoms with Gasteiger partial charge in [0.2, 0.25) is 13.1 Å². The van der Waals surface area contributed by atoms with Crippen LogP contribution in [0.1, 0.15) is 15.9 Å². The molecule has 0 bridgehead atoms. The first-order valence-electron chi connectivity index (χ1n) is 12.5. The maximum atomic E-state index is 13.2. The van der Waals surface area contributed by atoms with E-state index in [0.717, 1.165) is 0 Å². The highest BCUT2D eigenvalue weighted by Gasteiger charge is 2.47. The molecule has 0 aromatic heterocycles. The smallest absolute Gasteiger partial charge is 0.339 e. The molecule has 40 heavy (non-hydrogen) atoms. The highest BCUT2D eigenvalue weighted by molar-refractivity contribution is 6.14. The molecule has 3 aliphatic heterocycles. The van der Waals surface area contributed by atoms with Crippen molar-refractivity contribution in [1.82, 2.24) is 0 Å². The largest absolute Gasteiger partial charge is 0.493 e. The minimum Gasteiger partial charge on any atom is -0.493 e. The van der Waals surface area contributed by atoms with E-state index in [1.807, 2.05) is 6.07 Å². The molecule has 0 unspecified atom stereocenters. The van der Waals surface area contributed by atoms with E-state index in [1.165, 1.54) is 21.3 Å². The lowest BCUT2D eigenvalue weighted by Gasteiger charge is -2.41. The molecule has 212 valence electrons. The molecule has 12 nitrogen and oxygen atoms in total. The number of rotatable bonds is 7. The van der Waals surface area contributed by atoms with E-state index < -0.39 is 43.3 Å². The van der Waals surface area contributed by atoms with Crippen molar-refractivity contribution in [2.75, 3.05) is 34.7 Å². The summed E-state index contributed by atoms with van der Waals surface area (Å²) in [6, 6.07) is 8.78. The number of carbonyl (C=O) groups is 1. The van der Waals surface area contributed by atoms with Gasteiger partial charge in [-0.1, -0.05) is 6.07 Å². The fourth-order valence-electron chi connectivity index (χ4n) is 5.44. The molecular weight excluding hydrogens is 528 g/mol. The number of esters is 1. The van der Waals surface area contributed by atoms with E-state index in [4.69, 9.17) is 37.9 Å². The SMILES string of the molecule is COc1cc2c(O[C@@H]3O[C@H](CO)[C@@H](O)[C@H](OC)[C@H]3O)c3c(c(-c4ccc5c(c4)OCO5)c2cc1OC)C(=O)OC3. The normalized spacial score (nSPS) is 25.1. The van der Waals surface area contributed by atoms with Crippen LogP contribution < -0.4 is 23.7 Å². The summed E-state index contributed by atoms with van der Waals surface area (Å²) < 4.78 is 44.9. The van der Waals surface area contributed by atoms with Gasteiger partial charge >= 0.3 is 5.97 Å². The molecule has 0 amide bonds. The van der Waals surface area contributed by atoms with Gasteiger partial charge in [-0.25, -0.2) is 4.79 Å². The number of methoxy groups -OCH3 is 3. The maximum absolute atomic E-state index is 13.2. The molecule has 12 heteroatoms. The van der Waals surface area contributed by atoms with Gasteiger partial charge in [-0.3, -0.25) is 0 Å². The number of benzene rings is 3. The summed E-state index contributed by atoms with van der Waals surface area (Å²) in [5, 5.41) is 32.3. The van der Waals surface area contributed by atoms with E-state index in [2.05, 4.69) is 0 Å². The van der Waals surface area contributed by atoms with E-state index >= 15 is 0 Å². The lowest BCUT2D eigenvalue weighted by molar-refractivity contribution is -0.281. The van der Waals surface area contributed by atoms with Crippen LogP contribution in [0, 0.1) is 0 Å². The van der Waals surface area contributed by atoms with Gasteiger partial charge in [0.1, 0.15) is 36.8 Å². The third kappa shape index (κ3) is 4.07. The Morgan fingerprint density at radius 3 is 2.33 bits per heavy atom. The van der Waals surface area contributed by atoms with Crippen LogP contribution in [0.15, 0.2) is 30.3 Å². The number of carbonyl (C=O) groups excluding carboxylic acids is 1. The van der Waals surface area contributed by atoms with Crippen LogP contribution in [0.4, 0.5) is 0 Å². The fraction of sp³-hybridized carbons (Fsp3) is 0.393. The zero-order chi connectivity index (χ0) is 28.1. The van der Waals surface area contributed by atoms with Crippen molar-refractivity contribution in [2.24, 2.45) is 0 Å². The van der Waals surface area contributed by atoms with Crippen LogP contribution in [0.3, 0.4) is 0 Å². The van der Waals surface area contributed by atoms with E-state index in [1.54, 1.807) is 24.3 Å². The molecule has 0 saturated carbocycles. The average molecular weight is 557 g/mol. The summed E-state index contributed by atoms with van der Waals surface area (Å²) >= 11 is 0. The predicted molar refractivity (Wildman–Crippen MR) is 137 cm³/mol. The zero-order valence-electron chi connectivity index (χ0n) is 21.9. The van der Waals surface area contributed by atoms with Gasteiger partial charge in [-0.15, -0.1) is 0 Å². The van der Waals surface area contributed by atoms with Crippen molar-refractivity contribution >= 4 is 16.7 Å². The second-order valence-electron chi connectivity index (χ2n) is 9.48. The Labute approximate surface area is 228 Å². The lowest BCUT2D eigenvalue weighted by atomic mass is 9.89. The molecular formula is C28H28O12. The highest BCUT2D eigenvalue weighted by Crippen LogP contribution is 2.49. The van der Waals surface area contributed by atoms with E-state index in [0.29, 0.717) is 50.5 Å². The Morgan fingerprint density at radius 2 is 1.62 bits per heavy atom. The first-order valence-corrected chi connectivity index (χ1v) is 12.5. The zero-order valence-corrected chi connectivity index (χ0v) is 21.9. The van der Waals surface area contributed by atoms with Crippen LogP contribution >= 0.6 is 0 Å². The van der Waals surface area contributed by atoms with Gasteiger partial charge in [-0.2, -0.15) is 0 Å². The molecule has 3 aliphatic rings. The van der Waals surface area contributed by atoms with Crippen molar-refractivity contribution in [3.05, 3.63) is 41.5 Å². The molecule has 3 aromatic carbocycles. The van der Waals surface area contributed by atoms with Gasteiger partial charge < -0.3 is 53.2 Å². The summed E-state index contributed by atoms with van der Waals surface area (Å²) in [7, 11) is 4.32. The number of ether oxygens (including phenoxy) is 8. The summed E-state index contributed by atoms with van der Waals surface area (Å²) in [4.78, 5) is 13.2. The quantitative estimate of drug-likeness (QED) is 0.364. The van der Waals surface area contributed by atoms with Gasteiger partial charge in [0.25, 0.3) is 0 Å². The number of hydrogen-bond acceptors (Lipinski definition) is 12. The van der Waals surface area contributed by atoms with Crippen molar-refractivity contribution in [2.45, 2.75) is 37.3 Å². The Balaban J connectivity index is 1.58. The van der Waals surface area contributed by atoms with Gasteiger partial charge in [0.05, 0.1) is 26.4 Å². The maximum Gasteiger partial charge on any atom is 0.339 e. The number of fused-ring (bicyclic) bond motifs is 3. The number of aliphatic hydroxyl groups excluding tert-OH is 3. The minimum absolute atomic E-state index is 0.0905. The third-order valence-electron chi connectivity index (χ3n) is 7.40. The van der Waals surface area contributed by atoms with Gasteiger partial charge in [-0.05, 0) is 35.2 Å². The van der Waals surface area contributed by atoms with Crippen molar-refractivity contribution in [3.63, 3.8) is 0 Å². The van der Waals surface area contributed by atoms with Crippen LogP contribution in [0.25, 0.3) is 21.9 Å². The highest BCUT2D eigenvalue weighted by atomic mass is 16.7. The Bertz CT molecular complexity index is 1470. The predicted octanol–water partition coefficient (Wildman–Crippen LogP) is 1.76. The van der Waals surface area contributed by atoms with Gasteiger partial charge in [0.15, 0.2) is 23.0 Å². The number of aliphatic hydroxyl groups is 3. The number of cyclic esters (lactones) is 1. The van der Waals surface area contributed by atoms with Crippen LogP contribution in [0.5, 0.6) is 28.7 Å². The molecule has 1 saturated heterocycles. The second-order valence-corrected chi connectivity index (χ2v) is 9.48. The standard InChI is InChI=1S/C28H28O12/c1-33-17-7-13-14(8-18(17)34-2)25(40-28-24(31)26(35-3)23(30)20(9-29)39-28)15-10-36-27(32)22(15)21(13)12-4-5-16-19(6-12)38-11-37-16/h4-8,20,23-24,26,28-31H,9-11H2,1-3H3/t20-,23-,24-,26+,28+/m1/s1. The first kappa shape index (κ1) is 26.4. The Hall–Kier alpha value is -3.81.